The van der Waals surface area contributed by atoms with Crippen molar-refractivity contribution in [3.05, 3.63) is 41.0 Å². The van der Waals surface area contributed by atoms with Gasteiger partial charge in [0.15, 0.2) is 0 Å². The fourth-order valence-electron chi connectivity index (χ4n) is 2.77. The zero-order valence-corrected chi connectivity index (χ0v) is 16.8. The van der Waals surface area contributed by atoms with Crippen LogP contribution >= 0.6 is 0 Å². The highest BCUT2D eigenvalue weighted by atomic mass is 32.2. The highest BCUT2D eigenvalue weighted by Crippen LogP contribution is 2.36. The summed E-state index contributed by atoms with van der Waals surface area (Å²) in [5.41, 5.74) is 2.27. The van der Waals surface area contributed by atoms with E-state index in [-0.39, 0.29) is 27.7 Å². The van der Waals surface area contributed by atoms with Gasteiger partial charge in [-0.25, -0.2) is 0 Å². The van der Waals surface area contributed by atoms with E-state index in [1.165, 1.54) is 0 Å². The molecule has 2 amide bonds. The van der Waals surface area contributed by atoms with E-state index in [0.29, 0.717) is 11.1 Å². The van der Waals surface area contributed by atoms with Gasteiger partial charge >= 0.3 is 10.1 Å². The maximum atomic E-state index is 13.0. The predicted molar refractivity (Wildman–Crippen MR) is 98.0 cm³/mol. The molecule has 1 aliphatic heterocycles. The number of carbonyl (C=O) groups is 2. The Bertz CT molecular complexity index is 819. The highest BCUT2D eigenvalue weighted by molar-refractivity contribution is 7.86. The first-order valence-corrected chi connectivity index (χ1v) is 10.0. The normalized spacial score (nSPS) is 15.2. The molecule has 26 heavy (non-hydrogen) atoms. The molecule has 0 saturated carbocycles. The van der Waals surface area contributed by atoms with Gasteiger partial charge in [-0.1, -0.05) is 53.7 Å². The predicted octanol–water partition coefficient (Wildman–Crippen LogP) is 3.60. The van der Waals surface area contributed by atoms with Gasteiger partial charge in [0.2, 0.25) is 0 Å². The molecule has 6 nitrogen and oxygen atoms in total. The minimum atomic E-state index is -4.36. The molecular formula is C19H25NO5S. The maximum absolute atomic E-state index is 13.0. The molecule has 1 aromatic carbocycles. The second-order valence-corrected chi connectivity index (χ2v) is 8.79. The Hall–Kier alpha value is -1.99. The molecule has 0 aliphatic carbocycles. The average Bonchev–Trinajstić information content (AvgIpc) is 2.84. The summed E-state index contributed by atoms with van der Waals surface area (Å²) >= 11 is 0. The lowest BCUT2D eigenvalue weighted by molar-refractivity contribution is -0.161. The zero-order chi connectivity index (χ0) is 19.8. The smallest absolute Gasteiger partial charge is 0.267 e. The highest BCUT2D eigenvalue weighted by Gasteiger charge is 2.35. The van der Waals surface area contributed by atoms with Crippen molar-refractivity contribution in [2.24, 2.45) is 0 Å². The van der Waals surface area contributed by atoms with Crippen LogP contribution in [0.2, 0.25) is 0 Å². The van der Waals surface area contributed by atoms with E-state index >= 15 is 0 Å². The number of benzene rings is 1. The Balaban J connectivity index is 2.65. The molecule has 0 N–H and O–H groups in total. The second kappa shape index (κ2) is 7.32. The van der Waals surface area contributed by atoms with Gasteiger partial charge in [0.25, 0.3) is 11.8 Å². The van der Waals surface area contributed by atoms with Gasteiger partial charge in [-0.3, -0.25) is 9.59 Å². The first kappa shape index (κ1) is 20.3. The molecule has 0 aromatic heterocycles. The molecular weight excluding hydrogens is 354 g/mol. The molecule has 1 aromatic rings. The van der Waals surface area contributed by atoms with E-state index in [0.717, 1.165) is 17.7 Å². The van der Waals surface area contributed by atoms with Crippen LogP contribution in [0.15, 0.2) is 29.2 Å². The van der Waals surface area contributed by atoms with E-state index < -0.39 is 21.9 Å². The summed E-state index contributed by atoms with van der Waals surface area (Å²) in [6.45, 7) is 11.7. The molecule has 1 heterocycles. The largest absolute Gasteiger partial charge is 0.318 e. The minimum absolute atomic E-state index is 0.0411. The molecule has 2 rings (SSSR count). The quantitative estimate of drug-likeness (QED) is 0.706. The Kier molecular flexibility index (Phi) is 5.73. The van der Waals surface area contributed by atoms with Gasteiger partial charge in [0, 0.05) is 12.2 Å². The number of imide groups is 1. The van der Waals surface area contributed by atoms with Gasteiger partial charge in [0.05, 0.1) is 0 Å². The van der Waals surface area contributed by atoms with Crippen molar-refractivity contribution in [1.29, 1.82) is 0 Å². The summed E-state index contributed by atoms with van der Waals surface area (Å²) in [6, 6.07) is 3.73. The number of carbonyl (C=O) groups excluding carboxylic acids is 2. The summed E-state index contributed by atoms with van der Waals surface area (Å²) in [5, 5.41) is 0.278. The third kappa shape index (κ3) is 3.88. The topological polar surface area (TPSA) is 80.8 Å². The van der Waals surface area contributed by atoms with Crippen LogP contribution in [0.25, 0.3) is 0 Å². The van der Waals surface area contributed by atoms with Crippen molar-refractivity contribution >= 4 is 21.9 Å². The fraction of sp³-hybridized carbons (Fsp3) is 0.474. The zero-order valence-electron chi connectivity index (χ0n) is 15.9. The van der Waals surface area contributed by atoms with Crippen LogP contribution < -0.4 is 0 Å². The molecule has 0 spiro atoms. The van der Waals surface area contributed by atoms with Gasteiger partial charge in [-0.2, -0.15) is 8.42 Å². The van der Waals surface area contributed by atoms with E-state index in [1.807, 2.05) is 53.7 Å². The van der Waals surface area contributed by atoms with E-state index in [4.69, 9.17) is 4.28 Å². The molecule has 142 valence electrons. The minimum Gasteiger partial charge on any atom is -0.267 e. The molecule has 0 radical (unpaired) electrons. The van der Waals surface area contributed by atoms with Crippen LogP contribution in [-0.2, 0) is 24.0 Å². The van der Waals surface area contributed by atoms with Crippen molar-refractivity contribution in [2.75, 3.05) is 0 Å². The maximum Gasteiger partial charge on any atom is 0.318 e. The summed E-state index contributed by atoms with van der Waals surface area (Å²) < 4.78 is 31.0. The van der Waals surface area contributed by atoms with Crippen LogP contribution in [0.5, 0.6) is 0 Å². The third-order valence-electron chi connectivity index (χ3n) is 4.27. The number of hydrogen-bond donors (Lipinski definition) is 0. The molecule has 0 atom stereocenters. The van der Waals surface area contributed by atoms with Crippen molar-refractivity contribution < 1.29 is 22.3 Å². The molecule has 1 aliphatic rings. The Morgan fingerprint density at radius 1 is 0.808 bits per heavy atom. The SMILES string of the molecule is CC(C)c1cc(C(C)C)c(S(=O)(=O)ON2C(=O)C=CC2=O)c(C(C)C)c1. The number of hydrogen-bond acceptors (Lipinski definition) is 5. The van der Waals surface area contributed by atoms with Crippen molar-refractivity contribution in [2.45, 2.75) is 64.2 Å². The van der Waals surface area contributed by atoms with Gasteiger partial charge in [0.1, 0.15) is 4.90 Å². The van der Waals surface area contributed by atoms with Crippen LogP contribution in [0.3, 0.4) is 0 Å². The van der Waals surface area contributed by atoms with E-state index in [9.17, 15) is 18.0 Å². The number of amides is 2. The van der Waals surface area contributed by atoms with Crippen LogP contribution in [0.1, 0.15) is 76.0 Å². The van der Waals surface area contributed by atoms with E-state index in [2.05, 4.69) is 0 Å². The molecule has 0 fully saturated rings. The summed E-state index contributed by atoms with van der Waals surface area (Å²) in [6.07, 6.45) is 1.96. The van der Waals surface area contributed by atoms with Gasteiger partial charge in [-0.15, -0.1) is 9.35 Å². The monoisotopic (exact) mass is 379 g/mol. The Morgan fingerprint density at radius 3 is 1.58 bits per heavy atom. The van der Waals surface area contributed by atoms with Crippen molar-refractivity contribution in [3.63, 3.8) is 0 Å². The number of nitrogens with zero attached hydrogens (tertiary/aromatic N) is 1. The van der Waals surface area contributed by atoms with E-state index in [1.54, 1.807) is 0 Å². The summed E-state index contributed by atoms with van der Waals surface area (Å²) in [4.78, 5) is 23.4. The van der Waals surface area contributed by atoms with Gasteiger partial charge < -0.3 is 0 Å². The first-order valence-electron chi connectivity index (χ1n) is 8.64. The average molecular weight is 379 g/mol. The summed E-state index contributed by atoms with van der Waals surface area (Å²) in [5.74, 6) is -1.55. The van der Waals surface area contributed by atoms with Crippen molar-refractivity contribution in [1.82, 2.24) is 5.06 Å². The lowest BCUT2D eigenvalue weighted by Gasteiger charge is -2.23. The number of hydroxylamine groups is 2. The van der Waals surface area contributed by atoms with Crippen LogP contribution in [0.4, 0.5) is 0 Å². The third-order valence-corrected chi connectivity index (χ3v) is 5.59. The lowest BCUT2D eigenvalue weighted by Crippen LogP contribution is -2.33. The first-order chi connectivity index (χ1) is 12.0. The standard InChI is InChI=1S/C19H25NO5S/c1-11(2)14-9-15(12(3)4)19(16(10-14)13(5)6)26(23,24)25-20-17(21)7-8-18(20)22/h7-13H,1-6H3. The van der Waals surface area contributed by atoms with Crippen LogP contribution in [-0.4, -0.2) is 25.3 Å². The van der Waals surface area contributed by atoms with Crippen molar-refractivity contribution in [3.8, 4) is 0 Å². The molecule has 0 bridgehead atoms. The van der Waals surface area contributed by atoms with Crippen LogP contribution in [0, 0.1) is 0 Å². The Morgan fingerprint density at radius 2 is 1.23 bits per heavy atom. The van der Waals surface area contributed by atoms with Gasteiger partial charge in [-0.05, 0) is 34.4 Å². The lowest BCUT2D eigenvalue weighted by atomic mass is 9.89. The molecule has 0 saturated heterocycles. The fourth-order valence-corrected chi connectivity index (χ4v) is 4.36. The number of rotatable bonds is 6. The molecule has 0 unspecified atom stereocenters. The Labute approximate surface area is 154 Å². The second-order valence-electron chi connectivity index (χ2n) is 7.33. The summed E-state index contributed by atoms with van der Waals surface area (Å²) in [7, 11) is -4.36. The molecule has 7 heteroatoms.